The zero-order valence-electron chi connectivity index (χ0n) is 15.5. The molecular formula is C19H21NO8. The first-order valence-electron chi connectivity index (χ1n) is 8.74. The van der Waals surface area contributed by atoms with Gasteiger partial charge >= 0.3 is 0 Å². The topological polar surface area (TPSA) is 124 Å². The number of hydrogen-bond donors (Lipinski definition) is 3. The molecule has 0 spiro atoms. The third-order valence-corrected chi connectivity index (χ3v) is 4.90. The smallest absolute Gasteiger partial charge is 0.230 e. The lowest BCUT2D eigenvalue weighted by Crippen LogP contribution is -2.58. The first-order valence-corrected chi connectivity index (χ1v) is 8.74. The van der Waals surface area contributed by atoms with Gasteiger partial charge in [-0.15, -0.1) is 0 Å². The third kappa shape index (κ3) is 2.83. The number of aromatic nitrogens is 1. The normalized spacial score (nSPS) is 27.9. The SMILES string of the molecule is COc1c2ccoc2nc2c(OC)c(O[C@@H]3O[C@H](C)[C@H](O)[C@@H](O)[C@@H]3O)ccc12. The average molecular weight is 391 g/mol. The minimum atomic E-state index is -1.44. The summed E-state index contributed by atoms with van der Waals surface area (Å²) in [5, 5.41) is 31.4. The van der Waals surface area contributed by atoms with Gasteiger partial charge in [0.15, 0.2) is 11.5 Å². The zero-order chi connectivity index (χ0) is 20.0. The lowest BCUT2D eigenvalue weighted by Gasteiger charge is -2.39. The quantitative estimate of drug-likeness (QED) is 0.602. The van der Waals surface area contributed by atoms with E-state index >= 15 is 0 Å². The Balaban J connectivity index is 1.79. The Kier molecular flexibility index (Phi) is 4.76. The third-order valence-electron chi connectivity index (χ3n) is 4.90. The van der Waals surface area contributed by atoms with Crippen LogP contribution in [0.3, 0.4) is 0 Å². The van der Waals surface area contributed by atoms with Crippen LogP contribution in [-0.2, 0) is 4.74 Å². The summed E-state index contributed by atoms with van der Waals surface area (Å²) in [6.45, 7) is 1.58. The minimum Gasteiger partial charge on any atom is -0.495 e. The van der Waals surface area contributed by atoms with E-state index in [-0.39, 0.29) is 11.5 Å². The van der Waals surface area contributed by atoms with E-state index in [1.54, 1.807) is 32.2 Å². The van der Waals surface area contributed by atoms with Crippen molar-refractivity contribution in [2.24, 2.45) is 0 Å². The van der Waals surface area contributed by atoms with Gasteiger partial charge in [-0.25, -0.2) is 4.98 Å². The molecule has 9 heteroatoms. The Morgan fingerprint density at radius 2 is 1.68 bits per heavy atom. The number of pyridine rings is 1. The number of fused-ring (bicyclic) bond motifs is 2. The molecule has 28 heavy (non-hydrogen) atoms. The molecule has 0 radical (unpaired) electrons. The van der Waals surface area contributed by atoms with Gasteiger partial charge in [0.25, 0.3) is 0 Å². The molecular weight excluding hydrogens is 370 g/mol. The Labute approximate surface area is 160 Å². The highest BCUT2D eigenvalue weighted by molar-refractivity contribution is 6.02. The summed E-state index contributed by atoms with van der Waals surface area (Å²) in [6.07, 6.45) is -4.47. The molecule has 2 aromatic heterocycles. The molecule has 1 saturated heterocycles. The van der Waals surface area contributed by atoms with E-state index in [0.717, 1.165) is 5.39 Å². The maximum absolute atomic E-state index is 10.2. The van der Waals surface area contributed by atoms with E-state index in [9.17, 15) is 15.3 Å². The molecule has 150 valence electrons. The molecule has 0 saturated carbocycles. The Morgan fingerprint density at radius 3 is 2.39 bits per heavy atom. The number of rotatable bonds is 4. The van der Waals surface area contributed by atoms with E-state index in [2.05, 4.69) is 4.98 Å². The highest BCUT2D eigenvalue weighted by Gasteiger charge is 2.43. The summed E-state index contributed by atoms with van der Waals surface area (Å²) >= 11 is 0. The van der Waals surface area contributed by atoms with Crippen molar-refractivity contribution in [3.05, 3.63) is 24.5 Å². The second kappa shape index (κ2) is 7.10. The number of aliphatic hydroxyl groups excluding tert-OH is 3. The van der Waals surface area contributed by atoms with Crippen molar-refractivity contribution in [1.82, 2.24) is 4.98 Å². The maximum Gasteiger partial charge on any atom is 0.230 e. The second-order valence-electron chi connectivity index (χ2n) is 6.58. The van der Waals surface area contributed by atoms with Crippen molar-refractivity contribution in [2.45, 2.75) is 37.6 Å². The Hall–Kier alpha value is -2.59. The highest BCUT2D eigenvalue weighted by Crippen LogP contribution is 2.42. The van der Waals surface area contributed by atoms with Crippen LogP contribution < -0.4 is 14.2 Å². The van der Waals surface area contributed by atoms with Gasteiger partial charge in [-0.2, -0.15) is 0 Å². The number of benzene rings is 1. The lowest BCUT2D eigenvalue weighted by atomic mass is 10.00. The van der Waals surface area contributed by atoms with Crippen LogP contribution in [0.15, 0.2) is 28.9 Å². The first-order chi connectivity index (χ1) is 13.5. The van der Waals surface area contributed by atoms with Crippen molar-refractivity contribution >= 4 is 22.0 Å². The molecule has 0 unspecified atom stereocenters. The van der Waals surface area contributed by atoms with Crippen molar-refractivity contribution in [2.75, 3.05) is 14.2 Å². The fourth-order valence-corrected chi connectivity index (χ4v) is 3.40. The van der Waals surface area contributed by atoms with Crippen LogP contribution in [0.25, 0.3) is 22.0 Å². The van der Waals surface area contributed by atoms with Gasteiger partial charge in [0.2, 0.25) is 12.0 Å². The molecule has 1 aromatic carbocycles. The monoisotopic (exact) mass is 391 g/mol. The summed E-state index contributed by atoms with van der Waals surface area (Å²) in [6, 6.07) is 5.14. The summed E-state index contributed by atoms with van der Waals surface area (Å²) in [5.41, 5.74) is 0.819. The van der Waals surface area contributed by atoms with Gasteiger partial charge in [-0.1, -0.05) is 0 Å². The number of hydrogen-bond acceptors (Lipinski definition) is 9. The van der Waals surface area contributed by atoms with Gasteiger partial charge in [0, 0.05) is 5.39 Å². The van der Waals surface area contributed by atoms with Crippen LogP contribution in [0.5, 0.6) is 17.2 Å². The maximum atomic E-state index is 10.2. The van der Waals surface area contributed by atoms with Gasteiger partial charge in [0.05, 0.1) is 32.0 Å². The molecule has 3 N–H and O–H groups in total. The van der Waals surface area contributed by atoms with Crippen molar-refractivity contribution in [3.8, 4) is 17.2 Å². The van der Waals surface area contributed by atoms with E-state index < -0.39 is 30.7 Å². The minimum absolute atomic E-state index is 0.246. The average Bonchev–Trinajstić information content (AvgIpc) is 3.16. The second-order valence-corrected chi connectivity index (χ2v) is 6.58. The van der Waals surface area contributed by atoms with E-state index in [1.807, 2.05) is 0 Å². The summed E-state index contributed by atoms with van der Waals surface area (Å²) in [7, 11) is 3.01. The van der Waals surface area contributed by atoms with E-state index in [4.69, 9.17) is 23.4 Å². The molecule has 0 bridgehead atoms. The predicted molar refractivity (Wildman–Crippen MR) is 97.6 cm³/mol. The van der Waals surface area contributed by atoms with Crippen molar-refractivity contribution in [3.63, 3.8) is 0 Å². The van der Waals surface area contributed by atoms with Crippen LogP contribution in [0, 0.1) is 0 Å². The number of methoxy groups -OCH3 is 2. The van der Waals surface area contributed by atoms with Crippen LogP contribution in [-0.4, -0.2) is 65.2 Å². The predicted octanol–water partition coefficient (Wildman–Crippen LogP) is 1.20. The summed E-state index contributed by atoms with van der Waals surface area (Å²) < 4.78 is 27.7. The fourth-order valence-electron chi connectivity index (χ4n) is 3.40. The molecule has 3 heterocycles. The van der Waals surface area contributed by atoms with Crippen LogP contribution >= 0.6 is 0 Å². The molecule has 4 rings (SSSR count). The van der Waals surface area contributed by atoms with Gasteiger partial charge in [-0.3, -0.25) is 0 Å². The molecule has 5 atom stereocenters. The largest absolute Gasteiger partial charge is 0.495 e. The fraction of sp³-hybridized carbons (Fsp3) is 0.421. The van der Waals surface area contributed by atoms with Gasteiger partial charge in [0.1, 0.15) is 29.6 Å². The summed E-state index contributed by atoms with van der Waals surface area (Å²) in [4.78, 5) is 4.49. The Morgan fingerprint density at radius 1 is 0.929 bits per heavy atom. The first kappa shape index (κ1) is 18.8. The van der Waals surface area contributed by atoms with Crippen molar-refractivity contribution in [1.29, 1.82) is 0 Å². The molecule has 9 nitrogen and oxygen atoms in total. The van der Waals surface area contributed by atoms with Gasteiger partial charge < -0.3 is 38.7 Å². The van der Waals surface area contributed by atoms with Gasteiger partial charge in [-0.05, 0) is 25.1 Å². The number of nitrogens with zero attached hydrogens (tertiary/aromatic N) is 1. The highest BCUT2D eigenvalue weighted by atomic mass is 16.7. The van der Waals surface area contributed by atoms with Crippen molar-refractivity contribution < 1.29 is 38.7 Å². The number of furan rings is 1. The lowest BCUT2D eigenvalue weighted by molar-refractivity contribution is -0.268. The molecule has 3 aromatic rings. The zero-order valence-corrected chi connectivity index (χ0v) is 15.5. The Bertz CT molecular complexity index is 1000. The molecule has 1 aliphatic heterocycles. The van der Waals surface area contributed by atoms with Crippen LogP contribution in [0.4, 0.5) is 0 Å². The number of ether oxygens (including phenoxy) is 4. The standard InChI is InChI=1S/C19H21NO8/c1-8-13(21)14(22)15(23)19(27-8)28-11-5-4-9-12(17(11)25-3)20-18-10(6-7-26-18)16(9)24-2/h4-8,13-15,19,21-23H,1-3H3/t8-,13+,14-,15+,19+/m1/s1. The molecule has 1 fully saturated rings. The number of aliphatic hydroxyl groups is 3. The molecule has 0 amide bonds. The van der Waals surface area contributed by atoms with E-state index in [0.29, 0.717) is 22.4 Å². The van der Waals surface area contributed by atoms with E-state index in [1.165, 1.54) is 13.4 Å². The van der Waals surface area contributed by atoms with Crippen LogP contribution in [0.1, 0.15) is 6.92 Å². The molecule has 0 aliphatic carbocycles. The van der Waals surface area contributed by atoms with Crippen LogP contribution in [0.2, 0.25) is 0 Å². The molecule has 1 aliphatic rings. The summed E-state index contributed by atoms with van der Waals surface area (Å²) in [5.74, 6) is 1.12.